The van der Waals surface area contributed by atoms with Crippen molar-refractivity contribution in [3.63, 3.8) is 0 Å². The third-order valence-electron chi connectivity index (χ3n) is 4.94. The topological polar surface area (TPSA) is 78.6 Å². The summed E-state index contributed by atoms with van der Waals surface area (Å²) in [6.07, 6.45) is 2.68. The highest BCUT2D eigenvalue weighted by Gasteiger charge is 2.19. The minimum Gasteiger partial charge on any atom is -0.497 e. The molecule has 0 atom stereocenters. The van der Waals surface area contributed by atoms with Crippen LogP contribution in [0.1, 0.15) is 24.2 Å². The Bertz CT molecular complexity index is 928. The number of ether oxygens (including phenoxy) is 3. The highest BCUT2D eigenvalue weighted by Crippen LogP contribution is 2.31. The third kappa shape index (κ3) is 4.68. The number of nitrogens with zero attached hydrogens (tertiary/aromatic N) is 2. The molecule has 0 bridgehead atoms. The van der Waals surface area contributed by atoms with Gasteiger partial charge in [0.15, 0.2) is 5.82 Å². The first kappa shape index (κ1) is 19.3. The number of para-hydroxylation sites is 1. The molecule has 0 amide bonds. The van der Waals surface area contributed by atoms with Crippen molar-refractivity contribution >= 4 is 0 Å². The second-order valence-electron chi connectivity index (χ2n) is 6.98. The second kappa shape index (κ2) is 8.96. The van der Waals surface area contributed by atoms with Crippen molar-refractivity contribution < 1.29 is 18.7 Å². The molecule has 7 heteroatoms. The van der Waals surface area contributed by atoms with Crippen LogP contribution >= 0.6 is 0 Å². The Morgan fingerprint density at radius 3 is 2.48 bits per heavy atom. The van der Waals surface area contributed by atoms with Crippen molar-refractivity contribution in [1.29, 1.82) is 0 Å². The van der Waals surface area contributed by atoms with Crippen LogP contribution in [0, 0.1) is 0 Å². The van der Waals surface area contributed by atoms with Gasteiger partial charge in [0.05, 0.1) is 19.8 Å². The van der Waals surface area contributed by atoms with Gasteiger partial charge in [-0.25, -0.2) is 0 Å². The summed E-state index contributed by atoms with van der Waals surface area (Å²) in [7, 11) is 3.26. The SMILES string of the molecule is COc1cc(Cc2noc(-c3ccccc3OC3CCNCC3)n2)cc(OC)c1. The number of methoxy groups -OCH3 is 2. The van der Waals surface area contributed by atoms with Crippen LogP contribution in [0.2, 0.25) is 0 Å². The first-order valence-corrected chi connectivity index (χ1v) is 9.76. The predicted octanol–water partition coefficient (Wildman–Crippen LogP) is 3.48. The Hall–Kier alpha value is -3.06. The number of hydrogen-bond donors (Lipinski definition) is 1. The van der Waals surface area contributed by atoms with Gasteiger partial charge in [0, 0.05) is 12.5 Å². The zero-order chi connectivity index (χ0) is 20.1. The molecule has 0 radical (unpaired) electrons. The van der Waals surface area contributed by atoms with Crippen molar-refractivity contribution in [1.82, 2.24) is 15.5 Å². The summed E-state index contributed by atoms with van der Waals surface area (Å²) in [4.78, 5) is 4.59. The Morgan fingerprint density at radius 2 is 1.76 bits per heavy atom. The molecule has 1 aliphatic heterocycles. The average molecular weight is 395 g/mol. The first-order valence-electron chi connectivity index (χ1n) is 9.76. The predicted molar refractivity (Wildman–Crippen MR) is 109 cm³/mol. The van der Waals surface area contributed by atoms with Gasteiger partial charge >= 0.3 is 0 Å². The quantitative estimate of drug-likeness (QED) is 0.656. The molecule has 0 unspecified atom stereocenters. The maximum atomic E-state index is 6.23. The van der Waals surface area contributed by atoms with Gasteiger partial charge < -0.3 is 24.1 Å². The number of aromatic nitrogens is 2. The molecule has 4 rings (SSSR count). The molecule has 29 heavy (non-hydrogen) atoms. The van der Waals surface area contributed by atoms with E-state index in [0.717, 1.165) is 54.3 Å². The molecule has 2 aromatic carbocycles. The highest BCUT2D eigenvalue weighted by atomic mass is 16.5. The molecule has 0 saturated carbocycles. The lowest BCUT2D eigenvalue weighted by Gasteiger charge is -2.24. The van der Waals surface area contributed by atoms with E-state index in [-0.39, 0.29) is 6.10 Å². The zero-order valence-electron chi connectivity index (χ0n) is 16.7. The number of benzene rings is 2. The normalized spacial score (nSPS) is 14.6. The summed E-state index contributed by atoms with van der Waals surface area (Å²) in [5, 5.41) is 7.50. The lowest BCUT2D eigenvalue weighted by molar-refractivity contribution is 0.163. The fourth-order valence-electron chi connectivity index (χ4n) is 3.43. The van der Waals surface area contributed by atoms with E-state index in [9.17, 15) is 0 Å². The summed E-state index contributed by atoms with van der Waals surface area (Å²) < 4.78 is 22.4. The van der Waals surface area contributed by atoms with Crippen molar-refractivity contribution in [3.05, 3.63) is 53.9 Å². The number of piperidine rings is 1. The highest BCUT2D eigenvalue weighted by molar-refractivity contribution is 5.62. The Balaban J connectivity index is 1.54. The van der Waals surface area contributed by atoms with Crippen molar-refractivity contribution in [2.45, 2.75) is 25.4 Å². The molecule has 1 aromatic heterocycles. The lowest BCUT2D eigenvalue weighted by Crippen LogP contribution is -2.34. The van der Waals surface area contributed by atoms with Crippen LogP contribution < -0.4 is 19.5 Å². The molecular formula is C22H25N3O4. The summed E-state index contributed by atoms with van der Waals surface area (Å²) >= 11 is 0. The van der Waals surface area contributed by atoms with Crippen molar-refractivity contribution in [2.24, 2.45) is 0 Å². The van der Waals surface area contributed by atoms with Gasteiger partial charge in [0.25, 0.3) is 5.89 Å². The standard InChI is InChI=1S/C22H25N3O4/c1-26-17-11-15(12-18(14-17)27-2)13-21-24-22(29-25-21)19-5-3-4-6-20(19)28-16-7-9-23-10-8-16/h3-6,11-12,14,16,23H,7-10,13H2,1-2H3. The van der Waals surface area contributed by atoms with Gasteiger partial charge in [-0.1, -0.05) is 17.3 Å². The van der Waals surface area contributed by atoms with Crippen LogP contribution in [0.5, 0.6) is 17.2 Å². The number of hydrogen-bond acceptors (Lipinski definition) is 7. The number of rotatable bonds is 7. The summed E-state index contributed by atoms with van der Waals surface area (Å²) in [5.74, 6) is 3.27. The van der Waals surface area contributed by atoms with E-state index in [1.54, 1.807) is 14.2 Å². The van der Waals surface area contributed by atoms with E-state index in [1.807, 2.05) is 42.5 Å². The molecule has 1 aliphatic rings. The average Bonchev–Trinajstić information content (AvgIpc) is 3.22. The van der Waals surface area contributed by atoms with Gasteiger partial charge in [-0.3, -0.25) is 0 Å². The smallest absolute Gasteiger partial charge is 0.261 e. The molecular weight excluding hydrogens is 370 g/mol. The largest absolute Gasteiger partial charge is 0.497 e. The molecule has 2 heterocycles. The Kier molecular flexibility index (Phi) is 5.95. The molecule has 1 saturated heterocycles. The van der Waals surface area contributed by atoms with E-state index in [1.165, 1.54) is 0 Å². The fraction of sp³-hybridized carbons (Fsp3) is 0.364. The minimum absolute atomic E-state index is 0.198. The maximum absolute atomic E-state index is 6.23. The van der Waals surface area contributed by atoms with Crippen LogP contribution in [-0.4, -0.2) is 43.6 Å². The van der Waals surface area contributed by atoms with E-state index < -0.39 is 0 Å². The van der Waals surface area contributed by atoms with Crippen molar-refractivity contribution in [3.8, 4) is 28.7 Å². The monoisotopic (exact) mass is 395 g/mol. The van der Waals surface area contributed by atoms with Gasteiger partial charge in [-0.15, -0.1) is 0 Å². The third-order valence-corrected chi connectivity index (χ3v) is 4.94. The minimum atomic E-state index is 0.198. The van der Waals surface area contributed by atoms with Gasteiger partial charge in [0.1, 0.15) is 23.4 Å². The second-order valence-corrected chi connectivity index (χ2v) is 6.98. The molecule has 0 aliphatic carbocycles. The fourth-order valence-corrected chi connectivity index (χ4v) is 3.43. The summed E-state index contributed by atoms with van der Waals surface area (Å²) in [6.45, 7) is 1.95. The van der Waals surface area contributed by atoms with Crippen LogP contribution in [0.25, 0.3) is 11.5 Å². The summed E-state index contributed by atoms with van der Waals surface area (Å²) in [5.41, 5.74) is 1.79. The molecule has 1 fully saturated rings. The Morgan fingerprint density at radius 1 is 1.03 bits per heavy atom. The molecule has 1 N–H and O–H groups in total. The van der Waals surface area contributed by atoms with E-state index in [4.69, 9.17) is 18.7 Å². The lowest BCUT2D eigenvalue weighted by atomic mass is 10.1. The van der Waals surface area contributed by atoms with Gasteiger partial charge in [-0.05, 0) is 55.8 Å². The van der Waals surface area contributed by atoms with E-state index >= 15 is 0 Å². The van der Waals surface area contributed by atoms with Crippen LogP contribution in [0.4, 0.5) is 0 Å². The molecule has 7 nitrogen and oxygen atoms in total. The van der Waals surface area contributed by atoms with Crippen LogP contribution in [0.15, 0.2) is 47.0 Å². The van der Waals surface area contributed by atoms with Gasteiger partial charge in [0.2, 0.25) is 0 Å². The molecule has 152 valence electrons. The first-order chi connectivity index (χ1) is 14.2. The van der Waals surface area contributed by atoms with Gasteiger partial charge in [-0.2, -0.15) is 4.98 Å². The molecule has 0 spiro atoms. The van der Waals surface area contributed by atoms with E-state index in [2.05, 4.69) is 15.5 Å². The zero-order valence-corrected chi connectivity index (χ0v) is 16.7. The maximum Gasteiger partial charge on any atom is 0.261 e. The van der Waals surface area contributed by atoms with Crippen LogP contribution in [0.3, 0.4) is 0 Å². The summed E-state index contributed by atoms with van der Waals surface area (Å²) in [6, 6.07) is 13.5. The van der Waals surface area contributed by atoms with Crippen molar-refractivity contribution in [2.75, 3.05) is 27.3 Å². The molecule has 3 aromatic rings. The number of nitrogens with one attached hydrogen (secondary N) is 1. The Labute approximate surface area is 170 Å². The van der Waals surface area contributed by atoms with Crippen LogP contribution in [-0.2, 0) is 6.42 Å². The van der Waals surface area contributed by atoms with E-state index in [0.29, 0.717) is 18.1 Å².